The molecule has 0 aliphatic rings. The molecule has 0 aromatic rings. The summed E-state index contributed by atoms with van der Waals surface area (Å²) in [5, 5.41) is 0. The van der Waals surface area contributed by atoms with Crippen LogP contribution in [0.5, 0.6) is 0 Å². The third kappa shape index (κ3) is 45.1. The van der Waals surface area contributed by atoms with Gasteiger partial charge in [-0.3, -0.25) is 14.1 Å². The van der Waals surface area contributed by atoms with Crippen molar-refractivity contribution >= 4 is 19.8 Å². The van der Waals surface area contributed by atoms with Crippen molar-refractivity contribution in [2.24, 2.45) is 0 Å². The summed E-state index contributed by atoms with van der Waals surface area (Å²) in [6.45, 7) is 3.69. The standard InChI is InChI=1S/C46H87O8P/c1-3-5-7-9-11-13-15-17-19-21-22-23-25-26-28-30-32-34-36-38-40-45(47)52-42-44(43-53-55(49,50)51)54-46(48)41-39-37-35-33-31-29-27-24-20-18-16-14-12-10-8-6-4-2/h27,29,33,35,44H,3-26,28,30-32,34,36-43H2,1-2H3,(H2,49,50,51)/b29-27+,35-33+/t44-/m1/s1. The molecule has 0 saturated carbocycles. The first-order valence-electron chi connectivity index (χ1n) is 23.1. The lowest BCUT2D eigenvalue weighted by Crippen LogP contribution is -2.29. The molecular formula is C46H87O8P. The van der Waals surface area contributed by atoms with Crippen molar-refractivity contribution < 1.29 is 37.9 Å². The summed E-state index contributed by atoms with van der Waals surface area (Å²) in [5.74, 6) is -0.925. The van der Waals surface area contributed by atoms with E-state index in [1.54, 1.807) is 0 Å². The van der Waals surface area contributed by atoms with Gasteiger partial charge >= 0.3 is 19.8 Å². The van der Waals surface area contributed by atoms with E-state index in [4.69, 9.17) is 19.3 Å². The van der Waals surface area contributed by atoms with Gasteiger partial charge in [0, 0.05) is 12.8 Å². The van der Waals surface area contributed by atoms with Gasteiger partial charge in [-0.1, -0.05) is 212 Å². The number of ether oxygens (including phenoxy) is 2. The summed E-state index contributed by atoms with van der Waals surface area (Å²) < 4.78 is 26.4. The van der Waals surface area contributed by atoms with Crippen LogP contribution in [0.3, 0.4) is 0 Å². The molecule has 324 valence electrons. The Hall–Kier alpha value is -1.47. The normalized spacial score (nSPS) is 12.6. The maximum atomic E-state index is 12.4. The van der Waals surface area contributed by atoms with Crippen LogP contribution in [-0.4, -0.2) is 41.0 Å². The molecule has 0 aliphatic heterocycles. The van der Waals surface area contributed by atoms with Crippen molar-refractivity contribution in [1.29, 1.82) is 0 Å². The van der Waals surface area contributed by atoms with E-state index in [0.717, 1.165) is 38.5 Å². The van der Waals surface area contributed by atoms with E-state index < -0.39 is 32.5 Å². The fourth-order valence-electron chi connectivity index (χ4n) is 6.77. The van der Waals surface area contributed by atoms with E-state index in [2.05, 4.69) is 36.6 Å². The van der Waals surface area contributed by atoms with Gasteiger partial charge in [0.2, 0.25) is 0 Å². The Morgan fingerprint density at radius 2 is 0.836 bits per heavy atom. The zero-order valence-electron chi connectivity index (χ0n) is 35.8. The summed E-state index contributed by atoms with van der Waals surface area (Å²) >= 11 is 0. The number of hydrogen-bond acceptors (Lipinski definition) is 6. The predicted molar refractivity (Wildman–Crippen MR) is 230 cm³/mol. The molecule has 0 spiro atoms. The first-order valence-corrected chi connectivity index (χ1v) is 24.7. The van der Waals surface area contributed by atoms with Gasteiger partial charge in [0.1, 0.15) is 6.61 Å². The van der Waals surface area contributed by atoms with Crippen LogP contribution in [0.1, 0.15) is 239 Å². The molecule has 0 radical (unpaired) electrons. The lowest BCUT2D eigenvalue weighted by Gasteiger charge is -2.18. The Morgan fingerprint density at radius 1 is 0.473 bits per heavy atom. The van der Waals surface area contributed by atoms with Gasteiger partial charge in [-0.2, -0.15) is 0 Å². The molecule has 9 heteroatoms. The summed E-state index contributed by atoms with van der Waals surface area (Å²) in [7, 11) is -4.76. The lowest BCUT2D eigenvalue weighted by atomic mass is 10.0. The van der Waals surface area contributed by atoms with E-state index in [1.807, 2.05) is 6.08 Å². The van der Waals surface area contributed by atoms with E-state index >= 15 is 0 Å². The Bertz CT molecular complexity index is 946. The van der Waals surface area contributed by atoms with Gasteiger partial charge < -0.3 is 19.3 Å². The molecule has 0 aromatic heterocycles. The summed E-state index contributed by atoms with van der Waals surface area (Å²) in [6.07, 6.45) is 49.2. The smallest absolute Gasteiger partial charge is 0.462 e. The second-order valence-corrected chi connectivity index (χ2v) is 17.0. The van der Waals surface area contributed by atoms with Crippen LogP contribution in [0.15, 0.2) is 24.3 Å². The number of unbranched alkanes of at least 4 members (excludes halogenated alkanes) is 29. The Labute approximate surface area is 339 Å². The van der Waals surface area contributed by atoms with Gasteiger partial charge in [0.05, 0.1) is 6.61 Å². The fraction of sp³-hybridized carbons (Fsp3) is 0.870. The minimum atomic E-state index is -4.76. The monoisotopic (exact) mass is 799 g/mol. The van der Waals surface area contributed by atoms with Crippen LogP contribution in [0, 0.1) is 0 Å². The molecule has 0 aromatic carbocycles. The number of phosphoric acid groups is 1. The van der Waals surface area contributed by atoms with Crippen LogP contribution in [-0.2, 0) is 28.2 Å². The fourth-order valence-corrected chi connectivity index (χ4v) is 7.13. The molecule has 0 rings (SSSR count). The third-order valence-electron chi connectivity index (χ3n) is 10.2. The minimum absolute atomic E-state index is 0.151. The van der Waals surface area contributed by atoms with Gasteiger partial charge in [-0.05, 0) is 38.5 Å². The number of hydrogen-bond donors (Lipinski definition) is 2. The maximum absolute atomic E-state index is 12.4. The van der Waals surface area contributed by atoms with Crippen molar-refractivity contribution in [1.82, 2.24) is 0 Å². The average Bonchev–Trinajstić information content (AvgIpc) is 3.16. The molecule has 8 nitrogen and oxygen atoms in total. The van der Waals surface area contributed by atoms with Gasteiger partial charge in [-0.25, -0.2) is 4.57 Å². The summed E-state index contributed by atoms with van der Waals surface area (Å²) in [5.41, 5.74) is 0. The van der Waals surface area contributed by atoms with Crippen LogP contribution in [0.2, 0.25) is 0 Å². The molecule has 55 heavy (non-hydrogen) atoms. The predicted octanol–water partition coefficient (Wildman–Crippen LogP) is 14.4. The number of allylic oxidation sites excluding steroid dienone is 4. The van der Waals surface area contributed by atoms with Crippen LogP contribution in [0.4, 0.5) is 0 Å². The Morgan fingerprint density at radius 3 is 1.25 bits per heavy atom. The molecule has 0 heterocycles. The number of phosphoric ester groups is 1. The number of carbonyl (C=O) groups excluding carboxylic acids is 2. The van der Waals surface area contributed by atoms with Crippen molar-refractivity contribution in [3.8, 4) is 0 Å². The summed E-state index contributed by atoms with van der Waals surface area (Å²) in [6, 6.07) is 0. The molecule has 1 atom stereocenters. The highest BCUT2D eigenvalue weighted by Gasteiger charge is 2.22. The SMILES string of the molecule is CCCCCCCCCCC/C=C/C/C=C/CCCC(=O)O[C@H](COC(=O)CCCCCCCCCCCCCCCCCCCCCC)COP(=O)(O)O. The molecule has 0 fully saturated rings. The molecule has 0 saturated heterocycles. The first kappa shape index (κ1) is 53.5. The van der Waals surface area contributed by atoms with E-state index in [-0.39, 0.29) is 19.4 Å². The Balaban J connectivity index is 3.88. The van der Waals surface area contributed by atoms with E-state index in [0.29, 0.717) is 6.42 Å². The highest BCUT2D eigenvalue weighted by molar-refractivity contribution is 7.46. The zero-order chi connectivity index (χ0) is 40.3. The third-order valence-corrected chi connectivity index (χ3v) is 10.7. The maximum Gasteiger partial charge on any atom is 0.469 e. The van der Waals surface area contributed by atoms with Crippen molar-refractivity contribution in [2.45, 2.75) is 245 Å². The molecule has 0 unspecified atom stereocenters. The topological polar surface area (TPSA) is 119 Å². The quantitative estimate of drug-likeness (QED) is 0.0271. The highest BCUT2D eigenvalue weighted by atomic mass is 31.2. The van der Waals surface area contributed by atoms with Gasteiger partial charge in [0.15, 0.2) is 6.10 Å². The van der Waals surface area contributed by atoms with E-state index in [9.17, 15) is 14.2 Å². The van der Waals surface area contributed by atoms with Crippen molar-refractivity contribution in [2.75, 3.05) is 13.2 Å². The van der Waals surface area contributed by atoms with Gasteiger partial charge in [0.25, 0.3) is 0 Å². The lowest BCUT2D eigenvalue weighted by molar-refractivity contribution is -0.161. The van der Waals surface area contributed by atoms with Crippen LogP contribution < -0.4 is 0 Å². The van der Waals surface area contributed by atoms with Crippen molar-refractivity contribution in [3.63, 3.8) is 0 Å². The Kier molecular flexibility index (Phi) is 41.0. The molecule has 0 aliphatic carbocycles. The number of carbonyl (C=O) groups is 2. The minimum Gasteiger partial charge on any atom is -0.462 e. The van der Waals surface area contributed by atoms with Gasteiger partial charge in [-0.15, -0.1) is 0 Å². The largest absolute Gasteiger partial charge is 0.469 e. The molecule has 0 amide bonds. The highest BCUT2D eigenvalue weighted by Crippen LogP contribution is 2.36. The summed E-state index contributed by atoms with van der Waals surface area (Å²) in [4.78, 5) is 42.9. The second kappa shape index (κ2) is 42.1. The first-order chi connectivity index (χ1) is 26.8. The van der Waals surface area contributed by atoms with Crippen LogP contribution in [0.25, 0.3) is 0 Å². The second-order valence-electron chi connectivity index (χ2n) is 15.7. The van der Waals surface area contributed by atoms with Crippen molar-refractivity contribution in [3.05, 3.63) is 24.3 Å². The molecular weight excluding hydrogens is 711 g/mol. The zero-order valence-corrected chi connectivity index (χ0v) is 36.7. The number of esters is 2. The average molecular weight is 799 g/mol. The number of rotatable bonds is 43. The van der Waals surface area contributed by atoms with Crippen LogP contribution >= 0.6 is 7.82 Å². The molecule has 2 N–H and O–H groups in total. The van der Waals surface area contributed by atoms with E-state index in [1.165, 1.54) is 167 Å². The molecule has 0 bridgehead atoms.